The number of nitriles is 1. The molecule has 0 radical (unpaired) electrons. The minimum Gasteiger partial charge on any atom is -0.462 e. The van der Waals surface area contributed by atoms with Gasteiger partial charge >= 0.3 is 5.97 Å². The summed E-state index contributed by atoms with van der Waals surface area (Å²) in [7, 11) is 0. The highest BCUT2D eigenvalue weighted by Crippen LogP contribution is 2.08. The lowest BCUT2D eigenvalue weighted by atomic mass is 10.0. The van der Waals surface area contributed by atoms with Gasteiger partial charge in [-0.05, 0) is 19.1 Å². The van der Waals surface area contributed by atoms with Crippen LogP contribution in [0.3, 0.4) is 0 Å². The maximum absolute atomic E-state index is 11.6. The third-order valence-corrected chi connectivity index (χ3v) is 2.08. The first-order valence-electron chi connectivity index (χ1n) is 5.06. The Morgan fingerprint density at radius 1 is 1.47 bits per heavy atom. The first kappa shape index (κ1) is 12.9. The summed E-state index contributed by atoms with van der Waals surface area (Å²) in [6.07, 6.45) is 0. The molecule has 1 rings (SSSR count). The molecule has 1 unspecified atom stereocenters. The SMILES string of the molecule is CCOC(=O)c1cccc(C(=O)C(N)C#N)c1. The summed E-state index contributed by atoms with van der Waals surface area (Å²) < 4.78 is 4.80. The molecule has 0 aromatic heterocycles. The molecule has 0 aliphatic heterocycles. The molecule has 1 atom stereocenters. The van der Waals surface area contributed by atoms with Crippen LogP contribution in [0.2, 0.25) is 0 Å². The number of hydrogen-bond acceptors (Lipinski definition) is 5. The van der Waals surface area contributed by atoms with Crippen molar-refractivity contribution in [2.75, 3.05) is 6.61 Å². The quantitative estimate of drug-likeness (QED) is 0.614. The van der Waals surface area contributed by atoms with Crippen LogP contribution in [0.4, 0.5) is 0 Å². The van der Waals surface area contributed by atoms with E-state index < -0.39 is 17.8 Å². The van der Waals surface area contributed by atoms with Crippen molar-refractivity contribution in [3.05, 3.63) is 35.4 Å². The average molecular weight is 232 g/mol. The second-order valence-electron chi connectivity index (χ2n) is 3.27. The van der Waals surface area contributed by atoms with Gasteiger partial charge in [0.1, 0.15) is 0 Å². The third-order valence-electron chi connectivity index (χ3n) is 2.08. The Bertz CT molecular complexity index is 477. The molecule has 17 heavy (non-hydrogen) atoms. The minimum absolute atomic E-state index is 0.226. The number of esters is 1. The highest BCUT2D eigenvalue weighted by atomic mass is 16.5. The molecule has 0 heterocycles. The van der Waals surface area contributed by atoms with E-state index in [1.165, 1.54) is 18.2 Å². The van der Waals surface area contributed by atoms with Crippen molar-refractivity contribution in [3.63, 3.8) is 0 Å². The van der Waals surface area contributed by atoms with Gasteiger partial charge in [0.2, 0.25) is 0 Å². The van der Waals surface area contributed by atoms with Crippen molar-refractivity contribution in [1.29, 1.82) is 5.26 Å². The normalized spacial score (nSPS) is 11.4. The lowest BCUT2D eigenvalue weighted by Gasteiger charge is -2.05. The molecule has 5 nitrogen and oxygen atoms in total. The zero-order chi connectivity index (χ0) is 12.8. The topological polar surface area (TPSA) is 93.2 Å². The molecular formula is C12H12N2O3. The Hall–Kier alpha value is -2.19. The van der Waals surface area contributed by atoms with Gasteiger partial charge in [0.05, 0.1) is 18.2 Å². The standard InChI is InChI=1S/C12H12N2O3/c1-2-17-12(16)9-5-3-4-8(6-9)11(15)10(14)7-13/h3-6,10H,2,14H2,1H3. The summed E-state index contributed by atoms with van der Waals surface area (Å²) in [6.45, 7) is 1.95. The zero-order valence-corrected chi connectivity index (χ0v) is 9.34. The number of rotatable bonds is 4. The summed E-state index contributed by atoms with van der Waals surface area (Å²) in [5, 5.41) is 8.54. The number of hydrogen-bond donors (Lipinski definition) is 1. The van der Waals surface area contributed by atoms with E-state index >= 15 is 0 Å². The highest BCUT2D eigenvalue weighted by molar-refractivity contribution is 6.03. The van der Waals surface area contributed by atoms with Gasteiger partial charge in [-0.1, -0.05) is 12.1 Å². The van der Waals surface area contributed by atoms with E-state index in [9.17, 15) is 9.59 Å². The third kappa shape index (κ3) is 3.13. The molecule has 0 spiro atoms. The number of ketones is 1. The summed E-state index contributed by atoms with van der Waals surface area (Å²) >= 11 is 0. The molecule has 0 fully saturated rings. The van der Waals surface area contributed by atoms with Crippen molar-refractivity contribution in [2.45, 2.75) is 13.0 Å². The molecule has 0 amide bonds. The number of Topliss-reactive ketones (excluding diaryl/α,β-unsaturated/α-hetero) is 1. The van der Waals surface area contributed by atoms with Gasteiger partial charge in [0.15, 0.2) is 11.8 Å². The molecule has 0 saturated carbocycles. The summed E-state index contributed by atoms with van der Waals surface area (Å²) in [6, 6.07) is 6.39. The number of nitrogens with zero attached hydrogens (tertiary/aromatic N) is 1. The van der Waals surface area contributed by atoms with Gasteiger partial charge in [0, 0.05) is 5.56 Å². The summed E-state index contributed by atoms with van der Waals surface area (Å²) in [5.74, 6) is -1.02. The van der Waals surface area contributed by atoms with Crippen LogP contribution < -0.4 is 5.73 Å². The largest absolute Gasteiger partial charge is 0.462 e. The molecular weight excluding hydrogens is 220 g/mol. The van der Waals surface area contributed by atoms with Crippen LogP contribution in [-0.2, 0) is 4.74 Å². The Balaban J connectivity index is 2.98. The smallest absolute Gasteiger partial charge is 0.338 e. The fourth-order valence-corrected chi connectivity index (χ4v) is 1.25. The van der Waals surface area contributed by atoms with Crippen LogP contribution in [0.15, 0.2) is 24.3 Å². The maximum Gasteiger partial charge on any atom is 0.338 e. The van der Waals surface area contributed by atoms with Gasteiger partial charge < -0.3 is 10.5 Å². The highest BCUT2D eigenvalue weighted by Gasteiger charge is 2.16. The van der Waals surface area contributed by atoms with E-state index in [1.54, 1.807) is 19.1 Å². The molecule has 1 aromatic carbocycles. The van der Waals surface area contributed by atoms with E-state index in [2.05, 4.69) is 0 Å². The van der Waals surface area contributed by atoms with Crippen LogP contribution in [0.5, 0.6) is 0 Å². The van der Waals surface area contributed by atoms with Crippen LogP contribution in [0.25, 0.3) is 0 Å². The number of carbonyl (C=O) groups excluding carboxylic acids is 2. The Labute approximate surface area is 98.8 Å². The Kier molecular flexibility index (Phi) is 4.37. The fourth-order valence-electron chi connectivity index (χ4n) is 1.25. The van der Waals surface area contributed by atoms with Crippen molar-refractivity contribution >= 4 is 11.8 Å². The Morgan fingerprint density at radius 2 is 2.12 bits per heavy atom. The molecule has 88 valence electrons. The molecule has 2 N–H and O–H groups in total. The lowest BCUT2D eigenvalue weighted by molar-refractivity contribution is 0.0526. The van der Waals surface area contributed by atoms with Gasteiger partial charge in [-0.3, -0.25) is 4.79 Å². The van der Waals surface area contributed by atoms with Crippen LogP contribution >= 0.6 is 0 Å². The Morgan fingerprint density at radius 3 is 2.71 bits per heavy atom. The second kappa shape index (κ2) is 5.77. The van der Waals surface area contributed by atoms with E-state index in [0.29, 0.717) is 0 Å². The molecule has 5 heteroatoms. The van der Waals surface area contributed by atoms with Gasteiger partial charge in [-0.15, -0.1) is 0 Å². The van der Waals surface area contributed by atoms with Crippen LogP contribution in [0.1, 0.15) is 27.6 Å². The fraction of sp³-hybridized carbons (Fsp3) is 0.250. The minimum atomic E-state index is -1.22. The van der Waals surface area contributed by atoms with E-state index in [-0.39, 0.29) is 17.7 Å². The first-order chi connectivity index (χ1) is 8.10. The summed E-state index contributed by atoms with van der Waals surface area (Å²) in [5.41, 5.74) is 5.80. The number of benzene rings is 1. The maximum atomic E-state index is 11.6. The van der Waals surface area contributed by atoms with Crippen molar-refractivity contribution in [1.82, 2.24) is 0 Å². The van der Waals surface area contributed by atoms with Gasteiger partial charge in [-0.2, -0.15) is 5.26 Å². The van der Waals surface area contributed by atoms with Crippen LogP contribution in [0, 0.1) is 11.3 Å². The number of nitrogens with two attached hydrogens (primary N) is 1. The van der Waals surface area contributed by atoms with E-state index in [0.717, 1.165) is 0 Å². The molecule has 1 aromatic rings. The van der Waals surface area contributed by atoms with Crippen molar-refractivity contribution in [2.24, 2.45) is 5.73 Å². The second-order valence-corrected chi connectivity index (χ2v) is 3.27. The van der Waals surface area contributed by atoms with Crippen molar-refractivity contribution in [3.8, 4) is 6.07 Å². The predicted octanol–water partition coefficient (Wildman–Crippen LogP) is 0.897. The van der Waals surface area contributed by atoms with E-state index in [4.69, 9.17) is 15.7 Å². The predicted molar refractivity (Wildman–Crippen MR) is 60.3 cm³/mol. The van der Waals surface area contributed by atoms with Crippen LogP contribution in [-0.4, -0.2) is 24.4 Å². The van der Waals surface area contributed by atoms with Gasteiger partial charge in [-0.25, -0.2) is 4.79 Å². The molecule has 0 bridgehead atoms. The average Bonchev–Trinajstić information content (AvgIpc) is 2.37. The number of ether oxygens (including phenoxy) is 1. The monoisotopic (exact) mass is 232 g/mol. The number of carbonyl (C=O) groups is 2. The van der Waals surface area contributed by atoms with Crippen molar-refractivity contribution < 1.29 is 14.3 Å². The first-order valence-corrected chi connectivity index (χ1v) is 5.06. The van der Waals surface area contributed by atoms with E-state index in [1.807, 2.05) is 0 Å². The zero-order valence-electron chi connectivity index (χ0n) is 9.34. The molecule has 0 aliphatic rings. The molecule has 0 saturated heterocycles. The lowest BCUT2D eigenvalue weighted by Crippen LogP contribution is -2.28. The van der Waals surface area contributed by atoms with Gasteiger partial charge in [0.25, 0.3) is 0 Å². The summed E-state index contributed by atoms with van der Waals surface area (Å²) in [4.78, 5) is 23.0. The molecule has 0 aliphatic carbocycles.